The van der Waals surface area contributed by atoms with Gasteiger partial charge < -0.3 is 0 Å². The maximum atomic E-state index is 12.7. The largest absolute Gasteiger partial charge is 0.264 e. The van der Waals surface area contributed by atoms with E-state index in [0.29, 0.717) is 54.1 Å². The van der Waals surface area contributed by atoms with Crippen LogP contribution >= 0.6 is 0 Å². The summed E-state index contributed by atoms with van der Waals surface area (Å²) in [7, 11) is -14.0. The fourth-order valence-electron chi connectivity index (χ4n) is 7.59. The first-order valence-corrected chi connectivity index (χ1v) is 27.3. The van der Waals surface area contributed by atoms with Gasteiger partial charge in [-0.15, -0.1) is 0 Å². The van der Waals surface area contributed by atoms with Crippen LogP contribution in [0.5, 0.6) is 0 Å². The Hall–Kier alpha value is -5.50. The lowest BCUT2D eigenvalue weighted by molar-refractivity contribution is 0.574. The van der Waals surface area contributed by atoms with Crippen LogP contribution in [-0.4, -0.2) is 64.7 Å². The predicted octanol–water partition coefficient (Wildman–Crippen LogP) is 6.11. The Labute approximate surface area is 375 Å². The second kappa shape index (κ2) is 19.7. The van der Waals surface area contributed by atoms with Crippen LogP contribution in [0.3, 0.4) is 0 Å². The van der Waals surface area contributed by atoms with Gasteiger partial charge in [-0.3, -0.25) is 9.36 Å². The summed E-state index contributed by atoms with van der Waals surface area (Å²) in [5.74, 6) is -0.145. The molecule has 8 rings (SSSR count). The number of sulfonamides is 2. The lowest BCUT2D eigenvalue weighted by Gasteiger charge is -2.15. The average molecular weight is 943 g/mol. The maximum absolute atomic E-state index is 12.7. The maximum Gasteiger partial charge on any atom is 0.234 e. The predicted molar refractivity (Wildman–Crippen MR) is 250 cm³/mol. The Bertz CT molecular complexity index is 3060. The van der Waals surface area contributed by atoms with E-state index in [1.54, 1.807) is 23.2 Å². The molecule has 0 spiro atoms. The lowest BCUT2D eigenvalue weighted by atomic mass is 10.1. The van der Waals surface area contributed by atoms with E-state index >= 15 is 0 Å². The van der Waals surface area contributed by atoms with Gasteiger partial charge in [-0.25, -0.2) is 43.1 Å². The summed E-state index contributed by atoms with van der Waals surface area (Å²) in [5.41, 5.74) is 7.30. The highest BCUT2D eigenvalue weighted by molar-refractivity contribution is 7.93. The van der Waals surface area contributed by atoms with Gasteiger partial charge in [-0.1, -0.05) is 121 Å². The summed E-state index contributed by atoms with van der Waals surface area (Å²) < 4.78 is 108. The topological polar surface area (TPSA) is 196 Å². The number of sulfone groups is 2. The van der Waals surface area contributed by atoms with Crippen LogP contribution in [0.15, 0.2) is 132 Å². The lowest BCUT2D eigenvalue weighted by Crippen LogP contribution is -2.24. The van der Waals surface area contributed by atoms with E-state index < -0.39 is 51.8 Å². The number of benzene rings is 4. The molecule has 0 bridgehead atoms. The van der Waals surface area contributed by atoms with Crippen LogP contribution in [0, 0.1) is 0 Å². The molecule has 0 saturated heterocycles. The molecule has 0 fully saturated rings. The number of hydrogen-bond acceptors (Lipinski definition) is 10. The van der Waals surface area contributed by atoms with E-state index in [1.807, 2.05) is 121 Å². The molecular weight excluding hydrogens is 893 g/mol. The molecule has 64 heavy (non-hydrogen) atoms. The standard InChI is InChI=1S/2C23H25N3O4S2/c1-18(20-10-6-3-7-11-20)25-32(29,30)15-12-22-21-17-31(27,28)14-13-23(21)26(24-22)16-19-8-4-2-5-9-19;1-18(20-10-6-3-7-11-20)25-32(29,30)15-13-23-21-17-31(27,28)14-12-22(21)24-26(23)16-19-8-4-2-5-9-19/h2-12,15,18,25H,13-14,16-17H2,1H3;2-11,13,15,18,25H,12,14,16-17H2,1H3/b15-12+;15-13+/t2*18-/m10/s1. The van der Waals surface area contributed by atoms with Gasteiger partial charge in [0.2, 0.25) is 20.0 Å². The third-order valence-electron chi connectivity index (χ3n) is 10.8. The molecule has 2 aliphatic rings. The molecule has 14 nitrogen and oxygen atoms in total. The van der Waals surface area contributed by atoms with Crippen molar-refractivity contribution in [2.75, 3.05) is 11.5 Å². The van der Waals surface area contributed by atoms with Crippen molar-refractivity contribution in [2.45, 2.75) is 63.4 Å². The molecule has 0 radical (unpaired) electrons. The molecule has 4 heterocycles. The molecule has 0 aliphatic carbocycles. The van der Waals surface area contributed by atoms with Gasteiger partial charge in [0.05, 0.1) is 53.2 Å². The van der Waals surface area contributed by atoms with E-state index in [-0.39, 0.29) is 23.0 Å². The highest BCUT2D eigenvalue weighted by atomic mass is 32.2. The zero-order valence-corrected chi connectivity index (χ0v) is 38.6. The second-order valence-electron chi connectivity index (χ2n) is 15.8. The van der Waals surface area contributed by atoms with Crippen molar-refractivity contribution in [1.29, 1.82) is 0 Å². The van der Waals surface area contributed by atoms with Crippen LogP contribution < -0.4 is 9.44 Å². The van der Waals surface area contributed by atoms with Gasteiger partial charge in [0.25, 0.3) is 0 Å². The number of fused-ring (bicyclic) bond motifs is 2. The monoisotopic (exact) mass is 942 g/mol. The molecule has 336 valence electrons. The Morgan fingerprint density at radius 2 is 1.02 bits per heavy atom. The second-order valence-corrected chi connectivity index (χ2v) is 23.4. The van der Waals surface area contributed by atoms with Crippen LogP contribution in [0.2, 0.25) is 0 Å². The van der Waals surface area contributed by atoms with E-state index in [1.165, 1.54) is 12.2 Å². The molecule has 18 heteroatoms. The van der Waals surface area contributed by atoms with Crippen molar-refractivity contribution in [3.63, 3.8) is 0 Å². The molecule has 2 aromatic heterocycles. The fraction of sp³-hybridized carbons (Fsp3) is 0.261. The summed E-state index contributed by atoms with van der Waals surface area (Å²) >= 11 is 0. The quantitative estimate of drug-likeness (QED) is 0.129. The highest BCUT2D eigenvalue weighted by Gasteiger charge is 2.30. The van der Waals surface area contributed by atoms with Crippen molar-refractivity contribution in [1.82, 2.24) is 29.0 Å². The number of nitrogens with zero attached hydrogens (tertiary/aromatic N) is 4. The van der Waals surface area contributed by atoms with Crippen LogP contribution in [0.1, 0.15) is 82.1 Å². The fourth-order valence-corrected chi connectivity index (χ4v) is 12.4. The SMILES string of the molecule is C[C@@H](NS(=O)(=O)/C=C/c1nn(Cc2ccccc2)c2c1CS(=O)(=O)CC2)c1ccccc1.C[C@H](NS(=O)(=O)/C=C/c1c2c(nn1Cc1ccccc1)CCS(=O)(=O)C2)c1ccccc1. The van der Waals surface area contributed by atoms with E-state index in [0.717, 1.165) is 38.8 Å². The van der Waals surface area contributed by atoms with E-state index in [9.17, 15) is 33.7 Å². The summed E-state index contributed by atoms with van der Waals surface area (Å²) in [6.07, 6.45) is 3.54. The highest BCUT2D eigenvalue weighted by Crippen LogP contribution is 2.28. The van der Waals surface area contributed by atoms with Gasteiger partial charge in [-0.2, -0.15) is 10.2 Å². The van der Waals surface area contributed by atoms with Gasteiger partial charge in [0.15, 0.2) is 19.7 Å². The summed E-state index contributed by atoms with van der Waals surface area (Å²) in [6.45, 7) is 4.45. The minimum Gasteiger partial charge on any atom is -0.264 e. The Kier molecular flexibility index (Phi) is 14.3. The third kappa shape index (κ3) is 12.4. The molecule has 0 unspecified atom stereocenters. The third-order valence-corrected chi connectivity index (χ3v) is 16.3. The zero-order chi connectivity index (χ0) is 45.5. The molecule has 0 saturated carbocycles. The van der Waals surface area contributed by atoms with Gasteiger partial charge in [-0.05, 0) is 48.3 Å². The Balaban J connectivity index is 0.000000191. The molecule has 6 aromatic rings. The van der Waals surface area contributed by atoms with Crippen LogP contribution in [0.4, 0.5) is 0 Å². The van der Waals surface area contributed by atoms with E-state index in [2.05, 4.69) is 19.6 Å². The first-order valence-electron chi connectivity index (χ1n) is 20.6. The summed E-state index contributed by atoms with van der Waals surface area (Å²) in [5, 5.41) is 11.3. The first-order chi connectivity index (χ1) is 30.4. The Morgan fingerprint density at radius 1 is 0.578 bits per heavy atom. The average Bonchev–Trinajstić information content (AvgIpc) is 3.77. The zero-order valence-electron chi connectivity index (χ0n) is 35.4. The molecule has 2 aliphatic heterocycles. The minimum atomic E-state index is -3.77. The first kappa shape index (κ1) is 46.5. The van der Waals surface area contributed by atoms with Crippen molar-refractivity contribution < 1.29 is 33.7 Å². The normalized spacial score (nSPS) is 16.7. The smallest absolute Gasteiger partial charge is 0.234 e. The number of aromatic nitrogens is 4. The Morgan fingerprint density at radius 3 is 1.53 bits per heavy atom. The molecule has 4 aromatic carbocycles. The number of nitrogens with one attached hydrogen (secondary N) is 2. The summed E-state index contributed by atoms with van der Waals surface area (Å²) in [6, 6.07) is 37.1. The molecule has 2 N–H and O–H groups in total. The van der Waals surface area contributed by atoms with Crippen LogP contribution in [0.25, 0.3) is 12.2 Å². The number of hydrogen-bond donors (Lipinski definition) is 2. The number of aryl methyl sites for hydroxylation is 1. The van der Waals surface area contributed by atoms with E-state index in [4.69, 9.17) is 0 Å². The van der Waals surface area contributed by atoms with Crippen molar-refractivity contribution in [2.24, 2.45) is 0 Å². The van der Waals surface area contributed by atoms with Gasteiger partial charge in [0.1, 0.15) is 0 Å². The van der Waals surface area contributed by atoms with Crippen LogP contribution in [-0.2, 0) is 77.2 Å². The molecule has 0 amide bonds. The molecule has 2 atom stereocenters. The van der Waals surface area contributed by atoms with Gasteiger partial charge >= 0.3 is 0 Å². The van der Waals surface area contributed by atoms with Crippen molar-refractivity contribution in [3.05, 3.63) is 188 Å². The number of rotatable bonds is 14. The summed E-state index contributed by atoms with van der Waals surface area (Å²) in [4.78, 5) is 0. The minimum absolute atomic E-state index is 0.0555. The van der Waals surface area contributed by atoms with Crippen molar-refractivity contribution >= 4 is 51.9 Å². The van der Waals surface area contributed by atoms with Crippen molar-refractivity contribution in [3.8, 4) is 0 Å². The molecular formula is C46H50N6O8S4. The van der Waals surface area contributed by atoms with Gasteiger partial charge in [0, 0.05) is 52.6 Å².